The van der Waals surface area contributed by atoms with Crippen molar-refractivity contribution in [2.45, 2.75) is 0 Å². The maximum atomic E-state index is 5.19. The Balaban J connectivity index is 1.28. The van der Waals surface area contributed by atoms with Crippen LogP contribution in [0.15, 0.2) is 134 Å². The first-order chi connectivity index (χ1) is 20.8. The summed E-state index contributed by atoms with van der Waals surface area (Å²) >= 11 is 1.73. The standard InChI is InChI=1S/C37H22N4S/c1-3-17-30-27(14-1)28-16-6-9-23-10-7-18-31(33(23)28)41(30)26-13-5-11-24(21-26)37-39-34(25-12-8-20-38-22-25)36-35(40-37)29-15-2-4-19-32(29)42-36/h1-22H. The van der Waals surface area contributed by atoms with Gasteiger partial charge < -0.3 is 4.90 Å². The number of thiophene rings is 1. The number of nitrogens with zero attached hydrogens (tertiary/aromatic N) is 4. The molecular formula is C37H22N4S. The maximum absolute atomic E-state index is 5.19. The van der Waals surface area contributed by atoms with Gasteiger partial charge in [0.05, 0.1) is 27.3 Å². The summed E-state index contributed by atoms with van der Waals surface area (Å²) in [6.45, 7) is 0. The van der Waals surface area contributed by atoms with E-state index in [-0.39, 0.29) is 0 Å². The Morgan fingerprint density at radius 1 is 0.619 bits per heavy atom. The van der Waals surface area contributed by atoms with Crippen LogP contribution in [0.1, 0.15) is 0 Å². The Morgan fingerprint density at radius 2 is 1.40 bits per heavy atom. The first kappa shape index (κ1) is 23.3. The highest BCUT2D eigenvalue weighted by atomic mass is 32.1. The quantitative estimate of drug-likeness (QED) is 0.218. The molecule has 5 heteroatoms. The van der Waals surface area contributed by atoms with Crippen LogP contribution in [0.4, 0.5) is 17.1 Å². The molecule has 0 fully saturated rings. The van der Waals surface area contributed by atoms with Crippen molar-refractivity contribution in [3.63, 3.8) is 0 Å². The number of benzene rings is 5. The van der Waals surface area contributed by atoms with Crippen molar-refractivity contribution in [3.8, 4) is 33.8 Å². The Labute approximate surface area is 246 Å². The molecule has 0 bridgehead atoms. The van der Waals surface area contributed by atoms with Gasteiger partial charge in [-0.1, -0.05) is 78.9 Å². The lowest BCUT2D eigenvalue weighted by Gasteiger charge is -2.33. The van der Waals surface area contributed by atoms with Gasteiger partial charge in [0.1, 0.15) is 0 Å². The second kappa shape index (κ2) is 9.06. The number of hydrogen-bond acceptors (Lipinski definition) is 5. The Hall–Kier alpha value is -5.39. The van der Waals surface area contributed by atoms with Crippen molar-refractivity contribution < 1.29 is 0 Å². The van der Waals surface area contributed by atoms with Crippen LogP contribution in [-0.2, 0) is 0 Å². The molecule has 0 unspecified atom stereocenters. The minimum absolute atomic E-state index is 0.704. The number of rotatable bonds is 3. The van der Waals surface area contributed by atoms with Crippen molar-refractivity contribution in [2.75, 3.05) is 4.90 Å². The summed E-state index contributed by atoms with van der Waals surface area (Å²) in [7, 11) is 0. The van der Waals surface area contributed by atoms with Crippen molar-refractivity contribution in [2.24, 2.45) is 0 Å². The van der Waals surface area contributed by atoms with E-state index < -0.39 is 0 Å². The molecule has 4 nitrogen and oxygen atoms in total. The highest BCUT2D eigenvalue weighted by Crippen LogP contribution is 2.51. The first-order valence-electron chi connectivity index (χ1n) is 13.9. The van der Waals surface area contributed by atoms with Crippen LogP contribution in [0.2, 0.25) is 0 Å². The predicted molar refractivity (Wildman–Crippen MR) is 175 cm³/mol. The van der Waals surface area contributed by atoms with E-state index in [2.05, 4.69) is 125 Å². The molecule has 0 radical (unpaired) electrons. The third-order valence-electron chi connectivity index (χ3n) is 8.08. The van der Waals surface area contributed by atoms with Crippen molar-refractivity contribution >= 4 is 59.5 Å². The molecule has 5 aromatic carbocycles. The number of para-hydroxylation sites is 1. The fourth-order valence-electron chi connectivity index (χ4n) is 6.24. The van der Waals surface area contributed by atoms with Crippen LogP contribution in [0, 0.1) is 0 Å². The Bertz CT molecular complexity index is 2320. The topological polar surface area (TPSA) is 41.9 Å². The average Bonchev–Trinajstić information content (AvgIpc) is 3.44. The van der Waals surface area contributed by atoms with Crippen molar-refractivity contribution in [3.05, 3.63) is 134 Å². The lowest BCUT2D eigenvalue weighted by molar-refractivity contribution is 1.22. The van der Waals surface area contributed by atoms with E-state index in [9.17, 15) is 0 Å². The molecule has 0 saturated heterocycles. The molecule has 196 valence electrons. The smallest absolute Gasteiger partial charge is 0.160 e. The van der Waals surface area contributed by atoms with Gasteiger partial charge in [-0.05, 0) is 53.4 Å². The highest BCUT2D eigenvalue weighted by molar-refractivity contribution is 7.26. The second-order valence-electron chi connectivity index (χ2n) is 10.5. The number of anilines is 3. The van der Waals surface area contributed by atoms with Gasteiger partial charge in [0.15, 0.2) is 5.82 Å². The molecule has 1 aliphatic heterocycles. The zero-order valence-corrected chi connectivity index (χ0v) is 23.2. The number of fused-ring (bicyclic) bond motifs is 5. The molecule has 0 aliphatic carbocycles. The fourth-order valence-corrected chi connectivity index (χ4v) is 7.39. The minimum Gasteiger partial charge on any atom is -0.309 e. The van der Waals surface area contributed by atoms with Gasteiger partial charge in [-0.25, -0.2) is 9.97 Å². The van der Waals surface area contributed by atoms with Crippen LogP contribution in [-0.4, -0.2) is 15.0 Å². The van der Waals surface area contributed by atoms with E-state index in [0.717, 1.165) is 43.8 Å². The van der Waals surface area contributed by atoms with Crippen LogP contribution >= 0.6 is 11.3 Å². The number of hydrogen-bond donors (Lipinski definition) is 0. The van der Waals surface area contributed by atoms with Crippen LogP contribution in [0.5, 0.6) is 0 Å². The summed E-state index contributed by atoms with van der Waals surface area (Å²) in [6, 6.07) is 42.9. The average molecular weight is 555 g/mol. The molecule has 0 saturated carbocycles. The van der Waals surface area contributed by atoms with Gasteiger partial charge in [0.25, 0.3) is 0 Å². The predicted octanol–water partition coefficient (Wildman–Crippen LogP) is 10.2. The Morgan fingerprint density at radius 3 is 2.33 bits per heavy atom. The van der Waals surface area contributed by atoms with Gasteiger partial charge in [-0.2, -0.15) is 0 Å². The van der Waals surface area contributed by atoms with Gasteiger partial charge in [-0.3, -0.25) is 4.98 Å². The molecule has 9 rings (SSSR count). The van der Waals surface area contributed by atoms with Crippen molar-refractivity contribution in [1.29, 1.82) is 0 Å². The van der Waals surface area contributed by atoms with Gasteiger partial charge in [-0.15, -0.1) is 11.3 Å². The van der Waals surface area contributed by atoms with Crippen LogP contribution < -0.4 is 4.90 Å². The fraction of sp³-hybridized carbons (Fsp3) is 0. The summed E-state index contributed by atoms with van der Waals surface area (Å²) in [5, 5.41) is 3.65. The summed E-state index contributed by atoms with van der Waals surface area (Å²) in [6.07, 6.45) is 3.68. The molecule has 8 aromatic rings. The van der Waals surface area contributed by atoms with E-state index >= 15 is 0 Å². The summed E-state index contributed by atoms with van der Waals surface area (Å²) in [5.74, 6) is 0.704. The molecule has 3 aromatic heterocycles. The molecule has 0 amide bonds. The molecule has 4 heterocycles. The Kier molecular flexibility index (Phi) is 5.03. The molecule has 0 atom stereocenters. The third-order valence-corrected chi connectivity index (χ3v) is 9.24. The van der Waals surface area contributed by atoms with E-state index in [1.54, 1.807) is 17.5 Å². The zero-order chi connectivity index (χ0) is 27.6. The molecule has 0 N–H and O–H groups in total. The largest absolute Gasteiger partial charge is 0.309 e. The SMILES string of the molecule is c1cncc(-c2nc(-c3cccc(N4c5ccccc5-c5cccc6cccc4c56)c3)nc3c2sc2ccccc23)c1. The maximum Gasteiger partial charge on any atom is 0.160 e. The molecule has 0 spiro atoms. The molecular weight excluding hydrogens is 533 g/mol. The van der Waals surface area contributed by atoms with E-state index in [1.807, 2.05) is 12.3 Å². The first-order valence-corrected chi connectivity index (χ1v) is 14.8. The monoisotopic (exact) mass is 554 g/mol. The summed E-state index contributed by atoms with van der Waals surface area (Å²) < 4.78 is 2.28. The normalized spacial score (nSPS) is 12.2. The second-order valence-corrected chi connectivity index (χ2v) is 11.5. The van der Waals surface area contributed by atoms with Gasteiger partial charge in [0.2, 0.25) is 0 Å². The molecule has 42 heavy (non-hydrogen) atoms. The highest BCUT2D eigenvalue weighted by Gasteiger charge is 2.26. The van der Waals surface area contributed by atoms with Gasteiger partial charge in [0, 0.05) is 50.2 Å². The van der Waals surface area contributed by atoms with Crippen molar-refractivity contribution in [1.82, 2.24) is 15.0 Å². The van der Waals surface area contributed by atoms with Crippen LogP contribution in [0.3, 0.4) is 0 Å². The zero-order valence-electron chi connectivity index (χ0n) is 22.4. The summed E-state index contributed by atoms with van der Waals surface area (Å²) in [5.41, 5.74) is 9.76. The van der Waals surface area contributed by atoms with E-state index in [0.29, 0.717) is 5.82 Å². The van der Waals surface area contributed by atoms with E-state index in [4.69, 9.17) is 9.97 Å². The number of aromatic nitrogens is 3. The summed E-state index contributed by atoms with van der Waals surface area (Å²) in [4.78, 5) is 17.1. The minimum atomic E-state index is 0.704. The lowest BCUT2D eigenvalue weighted by Crippen LogP contribution is -2.15. The number of pyridine rings is 1. The van der Waals surface area contributed by atoms with Gasteiger partial charge >= 0.3 is 0 Å². The lowest BCUT2D eigenvalue weighted by atomic mass is 9.91. The van der Waals surface area contributed by atoms with E-state index in [1.165, 1.54) is 32.3 Å². The molecule has 1 aliphatic rings. The third kappa shape index (κ3) is 3.44. The van der Waals surface area contributed by atoms with Crippen LogP contribution in [0.25, 0.3) is 64.8 Å².